The third kappa shape index (κ3) is 5.44. The van der Waals surface area contributed by atoms with Gasteiger partial charge in [0, 0.05) is 32.6 Å². The van der Waals surface area contributed by atoms with E-state index in [1.54, 1.807) is 7.11 Å². The number of rotatable bonds is 6. The van der Waals surface area contributed by atoms with Crippen molar-refractivity contribution in [2.75, 3.05) is 46.9 Å². The number of methoxy groups -OCH3 is 1. The Morgan fingerprint density at radius 1 is 1.16 bits per heavy atom. The van der Waals surface area contributed by atoms with E-state index in [0.717, 1.165) is 74.7 Å². The number of piperidine rings is 1. The van der Waals surface area contributed by atoms with E-state index in [1.807, 2.05) is 20.9 Å². The standard InChI is InChI=1S/C25H37N5O2/c1-18-19(2)32-24(28-18)17-29-12-9-20(10-13-29)15-27-25(26-3)30-14-11-22(16-30)21-5-7-23(31-4)8-6-21/h5-8,20,22H,9-17H2,1-4H3,(H,26,27). The average Bonchev–Trinajstić information content (AvgIpc) is 3.42. The maximum absolute atomic E-state index is 5.75. The molecule has 1 unspecified atom stereocenters. The van der Waals surface area contributed by atoms with E-state index in [0.29, 0.717) is 11.8 Å². The Kier molecular flexibility index (Phi) is 7.35. The number of oxazole rings is 1. The number of ether oxygens (including phenoxy) is 1. The first-order valence-electron chi connectivity index (χ1n) is 11.8. The SMILES string of the molecule is CN=C(NCC1CCN(Cc2nc(C)c(C)o2)CC1)N1CCC(c2ccc(OC)cc2)C1. The molecule has 1 aromatic carbocycles. The molecule has 2 saturated heterocycles. The van der Waals surface area contributed by atoms with Gasteiger partial charge in [-0.1, -0.05) is 12.1 Å². The lowest BCUT2D eigenvalue weighted by molar-refractivity contribution is 0.163. The summed E-state index contributed by atoms with van der Waals surface area (Å²) >= 11 is 0. The van der Waals surface area contributed by atoms with Crippen LogP contribution in [-0.2, 0) is 6.54 Å². The molecule has 2 fully saturated rings. The quantitative estimate of drug-likeness (QED) is 0.548. The second kappa shape index (κ2) is 10.4. The molecule has 1 N–H and O–H groups in total. The van der Waals surface area contributed by atoms with Crippen molar-refractivity contribution >= 4 is 5.96 Å². The van der Waals surface area contributed by atoms with Gasteiger partial charge in [-0.25, -0.2) is 4.98 Å². The van der Waals surface area contributed by atoms with Crippen LogP contribution >= 0.6 is 0 Å². The third-order valence-corrected chi connectivity index (χ3v) is 6.97. The molecular formula is C25H37N5O2. The molecule has 7 heteroatoms. The molecule has 2 aliphatic heterocycles. The Morgan fingerprint density at radius 3 is 2.53 bits per heavy atom. The molecule has 7 nitrogen and oxygen atoms in total. The van der Waals surface area contributed by atoms with Gasteiger partial charge in [0.1, 0.15) is 11.5 Å². The van der Waals surface area contributed by atoms with Crippen molar-refractivity contribution in [2.45, 2.75) is 45.6 Å². The summed E-state index contributed by atoms with van der Waals surface area (Å²) in [7, 11) is 3.61. The Morgan fingerprint density at radius 2 is 1.91 bits per heavy atom. The topological polar surface area (TPSA) is 66.1 Å². The van der Waals surface area contributed by atoms with Gasteiger partial charge in [-0.3, -0.25) is 9.89 Å². The second-order valence-corrected chi connectivity index (χ2v) is 9.10. The molecule has 3 heterocycles. The molecule has 2 aromatic rings. The van der Waals surface area contributed by atoms with Crippen LogP contribution < -0.4 is 10.1 Å². The van der Waals surface area contributed by atoms with E-state index in [4.69, 9.17) is 9.15 Å². The van der Waals surface area contributed by atoms with Crippen LogP contribution in [0.2, 0.25) is 0 Å². The van der Waals surface area contributed by atoms with Gasteiger partial charge < -0.3 is 19.4 Å². The zero-order chi connectivity index (χ0) is 22.5. The molecule has 0 saturated carbocycles. The summed E-state index contributed by atoms with van der Waals surface area (Å²) in [4.78, 5) is 14.0. The van der Waals surface area contributed by atoms with Gasteiger partial charge in [0.05, 0.1) is 19.3 Å². The number of aromatic nitrogens is 1. The van der Waals surface area contributed by atoms with Crippen LogP contribution in [0.25, 0.3) is 0 Å². The summed E-state index contributed by atoms with van der Waals surface area (Å²) in [6.45, 7) is 10.0. The van der Waals surface area contributed by atoms with E-state index < -0.39 is 0 Å². The number of aryl methyl sites for hydroxylation is 2. The highest BCUT2D eigenvalue weighted by molar-refractivity contribution is 5.80. The first kappa shape index (κ1) is 22.6. The Balaban J connectivity index is 1.21. The van der Waals surface area contributed by atoms with Crippen LogP contribution in [-0.4, -0.2) is 67.6 Å². The number of aliphatic imine (C=N–C) groups is 1. The molecule has 0 amide bonds. The van der Waals surface area contributed by atoms with Crippen molar-refractivity contribution < 1.29 is 9.15 Å². The fraction of sp³-hybridized carbons (Fsp3) is 0.600. The number of nitrogens with one attached hydrogen (secondary N) is 1. The highest BCUT2D eigenvalue weighted by atomic mass is 16.5. The molecule has 1 atom stereocenters. The van der Waals surface area contributed by atoms with Crippen molar-refractivity contribution in [3.63, 3.8) is 0 Å². The first-order chi connectivity index (χ1) is 15.6. The Labute approximate surface area is 191 Å². The monoisotopic (exact) mass is 439 g/mol. The van der Waals surface area contributed by atoms with Crippen LogP contribution in [0, 0.1) is 19.8 Å². The number of benzene rings is 1. The molecule has 0 radical (unpaired) electrons. The normalized spacial score (nSPS) is 20.7. The van der Waals surface area contributed by atoms with Crippen molar-refractivity contribution in [3.8, 4) is 5.75 Å². The van der Waals surface area contributed by atoms with Crippen molar-refractivity contribution in [1.29, 1.82) is 0 Å². The molecular weight excluding hydrogens is 402 g/mol. The molecule has 0 bridgehead atoms. The van der Waals surface area contributed by atoms with E-state index in [-0.39, 0.29) is 0 Å². The second-order valence-electron chi connectivity index (χ2n) is 9.10. The minimum atomic E-state index is 0.546. The minimum absolute atomic E-state index is 0.546. The summed E-state index contributed by atoms with van der Waals surface area (Å²) in [5, 5.41) is 3.65. The van der Waals surface area contributed by atoms with Crippen LogP contribution in [0.5, 0.6) is 5.75 Å². The molecule has 1 aromatic heterocycles. The molecule has 32 heavy (non-hydrogen) atoms. The fourth-order valence-electron chi connectivity index (χ4n) is 4.82. The zero-order valence-electron chi connectivity index (χ0n) is 19.9. The molecule has 2 aliphatic rings. The maximum atomic E-state index is 5.75. The van der Waals surface area contributed by atoms with E-state index in [9.17, 15) is 0 Å². The van der Waals surface area contributed by atoms with Gasteiger partial charge in [0.2, 0.25) is 5.89 Å². The van der Waals surface area contributed by atoms with Crippen LogP contribution in [0.15, 0.2) is 33.7 Å². The van der Waals surface area contributed by atoms with Crippen LogP contribution in [0.4, 0.5) is 0 Å². The molecule has 0 spiro atoms. The summed E-state index contributed by atoms with van der Waals surface area (Å²) < 4.78 is 11.0. The van der Waals surface area contributed by atoms with Gasteiger partial charge in [0.25, 0.3) is 0 Å². The number of nitrogens with zero attached hydrogens (tertiary/aromatic N) is 4. The zero-order valence-corrected chi connectivity index (χ0v) is 19.9. The predicted octanol–water partition coefficient (Wildman–Crippen LogP) is 3.58. The number of guanidine groups is 1. The molecule has 4 rings (SSSR count). The minimum Gasteiger partial charge on any atom is -0.497 e. The van der Waals surface area contributed by atoms with Crippen molar-refractivity contribution in [2.24, 2.45) is 10.9 Å². The highest BCUT2D eigenvalue weighted by Gasteiger charge is 2.27. The number of likely N-dealkylation sites (tertiary alicyclic amines) is 2. The lowest BCUT2D eigenvalue weighted by Crippen LogP contribution is -2.44. The number of hydrogen-bond donors (Lipinski definition) is 1. The smallest absolute Gasteiger partial charge is 0.208 e. The average molecular weight is 440 g/mol. The predicted molar refractivity (Wildman–Crippen MR) is 127 cm³/mol. The van der Waals surface area contributed by atoms with Crippen LogP contribution in [0.3, 0.4) is 0 Å². The maximum Gasteiger partial charge on any atom is 0.208 e. The van der Waals surface area contributed by atoms with E-state index in [2.05, 4.69) is 49.4 Å². The third-order valence-electron chi connectivity index (χ3n) is 6.97. The Bertz CT molecular complexity index is 880. The van der Waals surface area contributed by atoms with Crippen molar-refractivity contribution in [1.82, 2.24) is 20.1 Å². The summed E-state index contributed by atoms with van der Waals surface area (Å²) in [6, 6.07) is 8.50. The lowest BCUT2D eigenvalue weighted by atomic mass is 9.97. The van der Waals surface area contributed by atoms with Gasteiger partial charge in [0.15, 0.2) is 5.96 Å². The summed E-state index contributed by atoms with van der Waals surface area (Å²) in [5.41, 5.74) is 2.38. The highest BCUT2D eigenvalue weighted by Crippen LogP contribution is 2.28. The van der Waals surface area contributed by atoms with Gasteiger partial charge in [-0.2, -0.15) is 0 Å². The summed E-state index contributed by atoms with van der Waals surface area (Å²) in [5.74, 6) is 4.95. The van der Waals surface area contributed by atoms with Gasteiger partial charge in [-0.05, 0) is 69.8 Å². The lowest BCUT2D eigenvalue weighted by Gasteiger charge is -2.32. The van der Waals surface area contributed by atoms with E-state index >= 15 is 0 Å². The molecule has 174 valence electrons. The number of hydrogen-bond acceptors (Lipinski definition) is 5. The van der Waals surface area contributed by atoms with Gasteiger partial charge in [-0.15, -0.1) is 0 Å². The summed E-state index contributed by atoms with van der Waals surface area (Å²) in [6.07, 6.45) is 3.54. The fourth-order valence-corrected chi connectivity index (χ4v) is 4.82. The largest absolute Gasteiger partial charge is 0.497 e. The van der Waals surface area contributed by atoms with Crippen molar-refractivity contribution in [3.05, 3.63) is 47.2 Å². The van der Waals surface area contributed by atoms with Crippen LogP contribution in [0.1, 0.15) is 48.1 Å². The Hall–Kier alpha value is -2.54. The first-order valence-corrected chi connectivity index (χ1v) is 11.8. The van der Waals surface area contributed by atoms with E-state index in [1.165, 1.54) is 18.4 Å². The van der Waals surface area contributed by atoms with Gasteiger partial charge >= 0.3 is 0 Å². The molecule has 0 aliphatic carbocycles.